The van der Waals surface area contributed by atoms with Crippen molar-refractivity contribution in [3.63, 3.8) is 0 Å². The molecule has 0 aliphatic rings. The third kappa shape index (κ3) is 2.74. The maximum absolute atomic E-state index is 5.90. The molecule has 0 unspecified atom stereocenters. The molecule has 0 saturated heterocycles. The second kappa shape index (κ2) is 5.48. The second-order valence-corrected chi connectivity index (χ2v) is 5.47. The summed E-state index contributed by atoms with van der Waals surface area (Å²) >= 11 is 0. The highest BCUT2D eigenvalue weighted by Gasteiger charge is 2.25. The molecule has 2 N–H and O–H groups in total. The Bertz CT molecular complexity index is 591. The van der Waals surface area contributed by atoms with Gasteiger partial charge in [0.1, 0.15) is 5.75 Å². The summed E-state index contributed by atoms with van der Waals surface area (Å²) in [5.41, 5.74) is 7.24. The lowest BCUT2D eigenvalue weighted by molar-refractivity contribution is 0.290. The summed E-state index contributed by atoms with van der Waals surface area (Å²) in [6.45, 7) is 6.40. The van der Waals surface area contributed by atoms with Crippen LogP contribution in [0.15, 0.2) is 18.2 Å². The Morgan fingerprint density at radius 2 is 2.05 bits per heavy atom. The van der Waals surface area contributed by atoms with Gasteiger partial charge in [-0.05, 0) is 42.8 Å². The summed E-state index contributed by atoms with van der Waals surface area (Å²) in [4.78, 5) is 0. The van der Waals surface area contributed by atoms with Crippen molar-refractivity contribution in [3.8, 4) is 17.1 Å². The smallest absolute Gasteiger partial charge is 0.182 e. The van der Waals surface area contributed by atoms with E-state index in [-0.39, 0.29) is 5.54 Å². The quantitative estimate of drug-likeness (QED) is 0.848. The summed E-state index contributed by atoms with van der Waals surface area (Å²) in [6, 6.07) is 5.52. The van der Waals surface area contributed by atoms with E-state index < -0.39 is 0 Å². The fourth-order valence-electron chi connectivity index (χ4n) is 2.36. The Hall–Kier alpha value is -2.11. The normalized spacial score (nSPS) is 11.6. The molecule has 1 heterocycles. The van der Waals surface area contributed by atoms with Crippen molar-refractivity contribution < 1.29 is 4.74 Å². The van der Waals surface area contributed by atoms with E-state index in [1.54, 1.807) is 13.2 Å². The lowest BCUT2D eigenvalue weighted by Crippen LogP contribution is -2.28. The Kier molecular flexibility index (Phi) is 3.92. The molecule has 6 heteroatoms. The van der Waals surface area contributed by atoms with Crippen LogP contribution >= 0.6 is 0 Å². The first kappa shape index (κ1) is 14.3. The van der Waals surface area contributed by atoms with E-state index in [0.717, 1.165) is 18.4 Å². The molecule has 1 aromatic heterocycles. The number of aromatic nitrogens is 4. The van der Waals surface area contributed by atoms with Gasteiger partial charge in [0.15, 0.2) is 5.82 Å². The number of anilines is 1. The van der Waals surface area contributed by atoms with Crippen LogP contribution in [0.5, 0.6) is 5.75 Å². The first-order chi connectivity index (χ1) is 9.47. The molecule has 0 aliphatic heterocycles. The third-order valence-electron chi connectivity index (χ3n) is 3.33. The van der Waals surface area contributed by atoms with Crippen LogP contribution in [0.3, 0.4) is 0 Å². The largest absolute Gasteiger partial charge is 0.497 e. The van der Waals surface area contributed by atoms with Crippen LogP contribution in [-0.4, -0.2) is 27.3 Å². The van der Waals surface area contributed by atoms with Gasteiger partial charge in [0.2, 0.25) is 0 Å². The molecule has 0 aliphatic carbocycles. The third-order valence-corrected chi connectivity index (χ3v) is 3.33. The van der Waals surface area contributed by atoms with Gasteiger partial charge in [0, 0.05) is 17.3 Å². The molecule has 0 bridgehead atoms. The lowest BCUT2D eigenvalue weighted by atomic mass is 9.98. The van der Waals surface area contributed by atoms with E-state index in [1.807, 2.05) is 16.8 Å². The molecule has 2 aromatic rings. The van der Waals surface area contributed by atoms with Crippen LogP contribution in [0.2, 0.25) is 0 Å². The van der Waals surface area contributed by atoms with Crippen LogP contribution in [0.25, 0.3) is 11.4 Å². The van der Waals surface area contributed by atoms with Gasteiger partial charge in [-0.1, -0.05) is 13.3 Å². The topological polar surface area (TPSA) is 78.9 Å². The predicted octanol–water partition coefficient (Wildman–Crippen LogP) is 2.47. The molecule has 0 fully saturated rings. The van der Waals surface area contributed by atoms with Gasteiger partial charge in [0.25, 0.3) is 0 Å². The van der Waals surface area contributed by atoms with Crippen LogP contribution in [0, 0.1) is 0 Å². The molecule has 0 amide bonds. The van der Waals surface area contributed by atoms with E-state index in [2.05, 4.69) is 36.3 Å². The number of ether oxygens (including phenoxy) is 1. The van der Waals surface area contributed by atoms with Crippen LogP contribution in [0.4, 0.5) is 5.69 Å². The Morgan fingerprint density at radius 3 is 2.70 bits per heavy atom. The van der Waals surface area contributed by atoms with Crippen molar-refractivity contribution in [2.24, 2.45) is 0 Å². The van der Waals surface area contributed by atoms with Crippen molar-refractivity contribution in [1.82, 2.24) is 20.2 Å². The van der Waals surface area contributed by atoms with E-state index in [9.17, 15) is 0 Å². The Balaban J connectivity index is 2.49. The molecule has 108 valence electrons. The number of hydrogen-bond donors (Lipinski definition) is 1. The lowest BCUT2D eigenvalue weighted by Gasteiger charge is -2.25. The second-order valence-electron chi connectivity index (χ2n) is 5.47. The Morgan fingerprint density at radius 1 is 1.30 bits per heavy atom. The molecule has 0 saturated carbocycles. The summed E-state index contributed by atoms with van der Waals surface area (Å²) < 4.78 is 7.10. The van der Waals surface area contributed by atoms with Gasteiger partial charge >= 0.3 is 0 Å². The maximum atomic E-state index is 5.90. The van der Waals surface area contributed by atoms with E-state index in [0.29, 0.717) is 17.3 Å². The van der Waals surface area contributed by atoms with Crippen molar-refractivity contribution in [2.45, 2.75) is 39.2 Å². The van der Waals surface area contributed by atoms with Gasteiger partial charge in [-0.3, -0.25) is 0 Å². The molecule has 0 atom stereocenters. The van der Waals surface area contributed by atoms with E-state index in [4.69, 9.17) is 10.5 Å². The number of nitrogens with zero attached hydrogens (tertiary/aromatic N) is 4. The predicted molar refractivity (Wildman–Crippen MR) is 78.4 cm³/mol. The van der Waals surface area contributed by atoms with E-state index in [1.165, 1.54) is 0 Å². The number of rotatable bonds is 5. The van der Waals surface area contributed by atoms with Gasteiger partial charge in [-0.2, -0.15) is 0 Å². The number of nitrogens with two attached hydrogens (primary N) is 1. The van der Waals surface area contributed by atoms with Crippen molar-refractivity contribution in [1.29, 1.82) is 0 Å². The number of methoxy groups -OCH3 is 1. The number of nitrogen functional groups attached to an aromatic ring is 1. The summed E-state index contributed by atoms with van der Waals surface area (Å²) in [5, 5.41) is 12.1. The molecule has 20 heavy (non-hydrogen) atoms. The zero-order valence-electron chi connectivity index (χ0n) is 12.4. The Labute approximate surface area is 118 Å². The average molecular weight is 275 g/mol. The van der Waals surface area contributed by atoms with Crippen LogP contribution in [-0.2, 0) is 5.54 Å². The zero-order chi connectivity index (χ0) is 14.8. The summed E-state index contributed by atoms with van der Waals surface area (Å²) in [5.74, 6) is 1.40. The fraction of sp³-hybridized carbons (Fsp3) is 0.500. The molecular formula is C14H21N5O. The van der Waals surface area contributed by atoms with Crippen LogP contribution in [0.1, 0.15) is 33.6 Å². The standard InChI is InChI=1S/C14H21N5O/c1-5-6-14(2,3)19-13(16-17-18-19)10-7-11(15)9-12(8-10)20-4/h7-9H,5-6,15H2,1-4H3. The zero-order valence-corrected chi connectivity index (χ0v) is 12.4. The fourth-order valence-corrected chi connectivity index (χ4v) is 2.36. The highest BCUT2D eigenvalue weighted by atomic mass is 16.5. The minimum Gasteiger partial charge on any atom is -0.497 e. The molecule has 1 aromatic carbocycles. The molecule has 2 rings (SSSR count). The van der Waals surface area contributed by atoms with Gasteiger partial charge in [-0.15, -0.1) is 5.10 Å². The van der Waals surface area contributed by atoms with Crippen molar-refractivity contribution in [2.75, 3.05) is 12.8 Å². The molecule has 0 radical (unpaired) electrons. The minimum absolute atomic E-state index is 0.147. The number of benzene rings is 1. The first-order valence-corrected chi connectivity index (χ1v) is 6.71. The number of tetrazole rings is 1. The first-order valence-electron chi connectivity index (χ1n) is 6.71. The van der Waals surface area contributed by atoms with Crippen molar-refractivity contribution in [3.05, 3.63) is 18.2 Å². The highest BCUT2D eigenvalue weighted by Crippen LogP contribution is 2.30. The monoisotopic (exact) mass is 275 g/mol. The molecular weight excluding hydrogens is 254 g/mol. The van der Waals surface area contributed by atoms with Crippen molar-refractivity contribution >= 4 is 5.69 Å². The minimum atomic E-state index is -0.147. The van der Waals surface area contributed by atoms with Gasteiger partial charge < -0.3 is 10.5 Å². The maximum Gasteiger partial charge on any atom is 0.182 e. The summed E-state index contributed by atoms with van der Waals surface area (Å²) in [7, 11) is 1.61. The van der Waals surface area contributed by atoms with Gasteiger partial charge in [0.05, 0.1) is 12.6 Å². The number of hydrogen-bond acceptors (Lipinski definition) is 5. The molecule has 6 nitrogen and oxygen atoms in total. The highest BCUT2D eigenvalue weighted by molar-refractivity contribution is 5.64. The van der Waals surface area contributed by atoms with E-state index >= 15 is 0 Å². The summed E-state index contributed by atoms with van der Waals surface area (Å²) in [6.07, 6.45) is 2.05. The van der Waals surface area contributed by atoms with Crippen LogP contribution < -0.4 is 10.5 Å². The molecule has 0 spiro atoms. The van der Waals surface area contributed by atoms with Gasteiger partial charge in [-0.25, -0.2) is 4.68 Å². The average Bonchev–Trinajstić information content (AvgIpc) is 2.88. The SMILES string of the molecule is CCCC(C)(C)n1nnnc1-c1cc(N)cc(OC)c1.